The van der Waals surface area contributed by atoms with Gasteiger partial charge in [-0.15, -0.1) is 0 Å². The molecule has 6 nitrogen and oxygen atoms in total. The van der Waals surface area contributed by atoms with E-state index in [0.717, 1.165) is 35.9 Å². The van der Waals surface area contributed by atoms with Crippen molar-refractivity contribution in [3.05, 3.63) is 29.2 Å². The van der Waals surface area contributed by atoms with Gasteiger partial charge in [-0.05, 0) is 13.0 Å². The lowest BCUT2D eigenvalue weighted by atomic mass is 10.2. The third-order valence-electron chi connectivity index (χ3n) is 2.86. The largest absolute Gasteiger partial charge is 0.481 e. The van der Waals surface area contributed by atoms with Crippen LogP contribution in [0.3, 0.4) is 0 Å². The Hall–Kier alpha value is -1.82. The second-order valence-corrected chi connectivity index (χ2v) is 4.28. The molecular weight excluding hydrogens is 230 g/mol. The van der Waals surface area contributed by atoms with Gasteiger partial charge < -0.3 is 10.1 Å². The first-order valence-corrected chi connectivity index (χ1v) is 5.87. The van der Waals surface area contributed by atoms with Crippen LogP contribution in [-0.2, 0) is 27.2 Å². The Morgan fingerprint density at radius 3 is 2.67 bits per heavy atom. The third-order valence-corrected chi connectivity index (χ3v) is 2.86. The zero-order valence-corrected chi connectivity index (χ0v) is 11.3. The van der Waals surface area contributed by atoms with Crippen LogP contribution in [0.4, 0.5) is 0 Å². The van der Waals surface area contributed by atoms with Gasteiger partial charge >= 0.3 is 0 Å². The monoisotopic (exact) mass is 249 g/mol. The number of methoxy groups -OCH3 is 1. The molecule has 0 amide bonds. The summed E-state index contributed by atoms with van der Waals surface area (Å²) in [5.41, 5.74) is 3.11. The van der Waals surface area contributed by atoms with E-state index in [2.05, 4.69) is 15.5 Å². The summed E-state index contributed by atoms with van der Waals surface area (Å²) in [5, 5.41) is 12.0. The molecule has 2 aromatic heterocycles. The van der Waals surface area contributed by atoms with Crippen molar-refractivity contribution in [3.63, 3.8) is 0 Å². The lowest BCUT2D eigenvalue weighted by molar-refractivity contribution is 0.368. The van der Waals surface area contributed by atoms with Gasteiger partial charge in [0.1, 0.15) is 0 Å². The first-order valence-electron chi connectivity index (χ1n) is 5.87. The van der Waals surface area contributed by atoms with E-state index in [1.54, 1.807) is 16.5 Å². The molecule has 2 rings (SSSR count). The van der Waals surface area contributed by atoms with Crippen molar-refractivity contribution in [1.29, 1.82) is 0 Å². The molecule has 2 aromatic rings. The highest BCUT2D eigenvalue weighted by Crippen LogP contribution is 2.20. The number of hydrogen-bond acceptors (Lipinski definition) is 4. The predicted octanol–water partition coefficient (Wildman–Crippen LogP) is 0.760. The van der Waals surface area contributed by atoms with Gasteiger partial charge in [0.2, 0.25) is 5.88 Å². The summed E-state index contributed by atoms with van der Waals surface area (Å²) in [6.45, 7) is 3.44. The fourth-order valence-electron chi connectivity index (χ4n) is 2.01. The molecule has 0 bridgehead atoms. The fraction of sp³-hybridized carbons (Fsp3) is 0.500. The molecule has 2 heterocycles. The molecule has 0 aromatic carbocycles. The van der Waals surface area contributed by atoms with Gasteiger partial charge in [0.05, 0.1) is 24.1 Å². The highest BCUT2D eigenvalue weighted by molar-refractivity contribution is 5.30. The van der Waals surface area contributed by atoms with Crippen LogP contribution >= 0.6 is 0 Å². The quantitative estimate of drug-likeness (QED) is 0.850. The van der Waals surface area contributed by atoms with Crippen molar-refractivity contribution in [2.24, 2.45) is 14.1 Å². The molecule has 0 atom stereocenters. The van der Waals surface area contributed by atoms with E-state index in [-0.39, 0.29) is 0 Å². The molecule has 0 radical (unpaired) electrons. The number of ether oxygens (including phenoxy) is 1. The minimum atomic E-state index is 0.722. The Morgan fingerprint density at radius 2 is 2.06 bits per heavy atom. The Labute approximate surface area is 107 Å². The molecule has 18 heavy (non-hydrogen) atoms. The molecular formula is C12H19N5O. The van der Waals surface area contributed by atoms with Crippen LogP contribution in [0.5, 0.6) is 5.88 Å². The first-order chi connectivity index (χ1) is 8.61. The van der Waals surface area contributed by atoms with Gasteiger partial charge in [0.25, 0.3) is 0 Å². The Bertz CT molecular complexity index is 529. The zero-order valence-electron chi connectivity index (χ0n) is 11.3. The smallest absolute Gasteiger partial charge is 0.216 e. The van der Waals surface area contributed by atoms with Crippen molar-refractivity contribution in [3.8, 4) is 5.88 Å². The lowest BCUT2D eigenvalue weighted by Crippen LogP contribution is -2.14. The SMILES string of the molecule is COc1c(CNCc2ccn(C)n2)c(C)nn1C. The Morgan fingerprint density at radius 1 is 1.28 bits per heavy atom. The number of hydrogen-bond donors (Lipinski definition) is 1. The van der Waals surface area contributed by atoms with Gasteiger partial charge in [-0.1, -0.05) is 0 Å². The van der Waals surface area contributed by atoms with Crippen molar-refractivity contribution in [1.82, 2.24) is 24.9 Å². The van der Waals surface area contributed by atoms with Crippen LogP contribution in [0.25, 0.3) is 0 Å². The summed E-state index contributed by atoms with van der Waals surface area (Å²) in [6, 6.07) is 2.00. The first kappa shape index (κ1) is 12.6. The van der Waals surface area contributed by atoms with E-state index in [1.165, 1.54) is 0 Å². The number of aromatic nitrogens is 4. The molecule has 0 saturated carbocycles. The second-order valence-electron chi connectivity index (χ2n) is 4.28. The molecule has 1 N–H and O–H groups in total. The normalized spacial score (nSPS) is 10.9. The minimum Gasteiger partial charge on any atom is -0.481 e. The summed E-state index contributed by atoms with van der Waals surface area (Å²) in [5.74, 6) is 0.807. The second kappa shape index (κ2) is 5.22. The average molecular weight is 249 g/mol. The molecule has 0 fully saturated rings. The van der Waals surface area contributed by atoms with Gasteiger partial charge in [0.15, 0.2) is 0 Å². The Kier molecular flexibility index (Phi) is 3.66. The number of aryl methyl sites for hydroxylation is 3. The molecule has 0 unspecified atom stereocenters. The summed E-state index contributed by atoms with van der Waals surface area (Å²) in [6.07, 6.45) is 1.94. The summed E-state index contributed by atoms with van der Waals surface area (Å²) < 4.78 is 8.90. The van der Waals surface area contributed by atoms with E-state index in [4.69, 9.17) is 4.74 Å². The topological polar surface area (TPSA) is 56.9 Å². The molecule has 0 aliphatic carbocycles. The minimum absolute atomic E-state index is 0.722. The lowest BCUT2D eigenvalue weighted by Gasteiger charge is -2.05. The van der Waals surface area contributed by atoms with Crippen molar-refractivity contribution < 1.29 is 4.74 Å². The molecule has 0 saturated heterocycles. The maximum atomic E-state index is 5.34. The molecule has 98 valence electrons. The highest BCUT2D eigenvalue weighted by atomic mass is 16.5. The standard InChI is InChI=1S/C12H19N5O/c1-9-11(12(18-4)17(3)14-9)8-13-7-10-5-6-16(2)15-10/h5-6,13H,7-8H2,1-4H3. The van der Waals surface area contributed by atoms with Crippen LogP contribution in [-0.4, -0.2) is 26.7 Å². The van der Waals surface area contributed by atoms with Crippen molar-refractivity contribution in [2.45, 2.75) is 20.0 Å². The van der Waals surface area contributed by atoms with Crippen LogP contribution in [0, 0.1) is 6.92 Å². The highest BCUT2D eigenvalue weighted by Gasteiger charge is 2.13. The zero-order chi connectivity index (χ0) is 13.1. The fourth-order valence-corrected chi connectivity index (χ4v) is 2.01. The number of nitrogens with zero attached hydrogens (tertiary/aromatic N) is 4. The van der Waals surface area contributed by atoms with Gasteiger partial charge in [-0.3, -0.25) is 4.68 Å². The summed E-state index contributed by atoms with van der Waals surface area (Å²) in [7, 11) is 5.46. The average Bonchev–Trinajstić information content (AvgIpc) is 2.84. The van der Waals surface area contributed by atoms with Crippen LogP contribution in [0.2, 0.25) is 0 Å². The van der Waals surface area contributed by atoms with E-state index < -0.39 is 0 Å². The molecule has 6 heteroatoms. The maximum absolute atomic E-state index is 5.34. The van der Waals surface area contributed by atoms with Gasteiger partial charge in [-0.2, -0.15) is 10.2 Å². The van der Waals surface area contributed by atoms with E-state index in [9.17, 15) is 0 Å². The van der Waals surface area contributed by atoms with Crippen LogP contribution in [0.15, 0.2) is 12.3 Å². The third kappa shape index (κ3) is 2.53. The van der Waals surface area contributed by atoms with Crippen LogP contribution in [0.1, 0.15) is 17.0 Å². The van der Waals surface area contributed by atoms with Crippen LogP contribution < -0.4 is 10.1 Å². The van der Waals surface area contributed by atoms with Crippen molar-refractivity contribution >= 4 is 0 Å². The Balaban J connectivity index is 1.98. The van der Waals surface area contributed by atoms with E-state index in [1.807, 2.05) is 33.3 Å². The summed E-state index contributed by atoms with van der Waals surface area (Å²) >= 11 is 0. The van der Waals surface area contributed by atoms with E-state index in [0.29, 0.717) is 0 Å². The molecule has 0 aliphatic heterocycles. The molecule has 0 spiro atoms. The maximum Gasteiger partial charge on any atom is 0.216 e. The van der Waals surface area contributed by atoms with Gasteiger partial charge in [0, 0.05) is 33.4 Å². The number of rotatable bonds is 5. The predicted molar refractivity (Wildman–Crippen MR) is 68.2 cm³/mol. The summed E-state index contributed by atoms with van der Waals surface area (Å²) in [4.78, 5) is 0. The number of nitrogens with one attached hydrogen (secondary N) is 1. The van der Waals surface area contributed by atoms with Gasteiger partial charge in [-0.25, -0.2) is 4.68 Å². The molecule has 0 aliphatic rings. The van der Waals surface area contributed by atoms with E-state index >= 15 is 0 Å². The van der Waals surface area contributed by atoms with Crippen molar-refractivity contribution in [2.75, 3.05) is 7.11 Å².